The zero-order valence-electron chi connectivity index (χ0n) is 7.03. The van der Waals surface area contributed by atoms with Gasteiger partial charge >= 0.3 is 0 Å². The lowest BCUT2D eigenvalue weighted by Crippen LogP contribution is -1.89. The van der Waals surface area contributed by atoms with Crippen LogP contribution in [-0.2, 0) is 4.79 Å². The fourth-order valence-electron chi connectivity index (χ4n) is 0.926. The summed E-state index contributed by atoms with van der Waals surface area (Å²) in [6, 6.07) is 4.43. The summed E-state index contributed by atoms with van der Waals surface area (Å²) >= 11 is 0. The van der Waals surface area contributed by atoms with Crippen molar-refractivity contribution < 1.29 is 9.18 Å². The van der Waals surface area contributed by atoms with Crippen LogP contribution in [0.1, 0.15) is 12.0 Å². The summed E-state index contributed by atoms with van der Waals surface area (Å²) < 4.78 is 12.7. The highest BCUT2D eigenvalue weighted by molar-refractivity contribution is 5.60. The van der Waals surface area contributed by atoms with Gasteiger partial charge in [-0.05, 0) is 17.7 Å². The molecule has 68 valence electrons. The van der Waals surface area contributed by atoms with E-state index in [9.17, 15) is 9.18 Å². The quantitative estimate of drug-likeness (QED) is 0.569. The van der Waals surface area contributed by atoms with E-state index in [0.717, 1.165) is 11.8 Å². The van der Waals surface area contributed by atoms with E-state index in [2.05, 4.69) is 0 Å². The van der Waals surface area contributed by atoms with Crippen LogP contribution >= 0.6 is 0 Å². The van der Waals surface area contributed by atoms with Crippen molar-refractivity contribution in [2.45, 2.75) is 6.42 Å². The Kier molecular flexibility index (Phi) is 3.20. The molecule has 3 heteroatoms. The Balaban J connectivity index is 2.79. The zero-order valence-corrected chi connectivity index (χ0v) is 7.03. The van der Waals surface area contributed by atoms with Crippen molar-refractivity contribution >= 4 is 18.0 Å². The van der Waals surface area contributed by atoms with E-state index < -0.39 is 5.82 Å². The Morgan fingerprint density at radius 1 is 1.46 bits per heavy atom. The van der Waals surface area contributed by atoms with Crippen LogP contribution in [0.4, 0.5) is 10.1 Å². The van der Waals surface area contributed by atoms with Crippen molar-refractivity contribution in [3.8, 4) is 0 Å². The van der Waals surface area contributed by atoms with E-state index in [1.54, 1.807) is 18.2 Å². The Labute approximate surface area is 75.9 Å². The molecule has 1 aromatic carbocycles. The average molecular weight is 179 g/mol. The number of nitrogen functional groups attached to an aromatic ring is 1. The molecule has 0 heterocycles. The topological polar surface area (TPSA) is 43.1 Å². The van der Waals surface area contributed by atoms with Gasteiger partial charge in [-0.25, -0.2) is 4.39 Å². The standard InChI is InChI=1S/C10H10FNO/c11-9-5-4-8(7-10(9)12)3-1-2-6-13/h1,3-7H,2,12H2. The van der Waals surface area contributed by atoms with Gasteiger partial charge in [0.05, 0.1) is 5.69 Å². The first-order valence-electron chi connectivity index (χ1n) is 3.89. The molecule has 0 atom stereocenters. The average Bonchev–Trinajstić information content (AvgIpc) is 2.12. The number of nitrogens with two attached hydrogens (primary N) is 1. The second kappa shape index (κ2) is 4.40. The molecular formula is C10H10FNO. The number of carbonyl (C=O) groups is 1. The summed E-state index contributed by atoms with van der Waals surface area (Å²) in [5, 5.41) is 0. The number of aldehydes is 1. The summed E-state index contributed by atoms with van der Waals surface area (Å²) in [5.74, 6) is -0.424. The predicted molar refractivity (Wildman–Crippen MR) is 50.5 cm³/mol. The van der Waals surface area contributed by atoms with Crippen molar-refractivity contribution in [2.24, 2.45) is 0 Å². The number of anilines is 1. The molecule has 0 aromatic heterocycles. The number of halogens is 1. The molecule has 0 amide bonds. The first kappa shape index (κ1) is 9.45. The summed E-state index contributed by atoms with van der Waals surface area (Å²) in [7, 11) is 0. The summed E-state index contributed by atoms with van der Waals surface area (Å²) in [6.45, 7) is 0. The summed E-state index contributed by atoms with van der Waals surface area (Å²) in [6.07, 6.45) is 4.57. The third-order valence-corrected chi connectivity index (χ3v) is 1.56. The van der Waals surface area contributed by atoms with Gasteiger partial charge in [0.25, 0.3) is 0 Å². The van der Waals surface area contributed by atoms with Gasteiger partial charge in [-0.3, -0.25) is 0 Å². The second-order valence-electron chi connectivity index (χ2n) is 2.59. The van der Waals surface area contributed by atoms with Crippen LogP contribution < -0.4 is 5.73 Å². The van der Waals surface area contributed by atoms with Crippen LogP contribution in [-0.4, -0.2) is 6.29 Å². The van der Waals surface area contributed by atoms with E-state index in [1.165, 1.54) is 12.1 Å². The van der Waals surface area contributed by atoms with Crippen LogP contribution in [0, 0.1) is 5.82 Å². The molecule has 0 spiro atoms. The maximum Gasteiger partial charge on any atom is 0.146 e. The Bertz CT molecular complexity index is 334. The van der Waals surface area contributed by atoms with Gasteiger partial charge in [-0.2, -0.15) is 0 Å². The highest BCUT2D eigenvalue weighted by atomic mass is 19.1. The largest absolute Gasteiger partial charge is 0.396 e. The lowest BCUT2D eigenvalue weighted by atomic mass is 10.2. The van der Waals surface area contributed by atoms with E-state index in [-0.39, 0.29) is 5.69 Å². The minimum absolute atomic E-state index is 0.119. The predicted octanol–water partition coefficient (Wildman–Crippen LogP) is 2.01. The number of carbonyl (C=O) groups excluding carboxylic acids is 1. The number of hydrogen-bond donors (Lipinski definition) is 1. The van der Waals surface area contributed by atoms with Crippen LogP contribution in [0.15, 0.2) is 24.3 Å². The fraction of sp³-hybridized carbons (Fsp3) is 0.100. The molecule has 1 rings (SSSR count). The maximum absolute atomic E-state index is 12.7. The first-order valence-corrected chi connectivity index (χ1v) is 3.89. The van der Waals surface area contributed by atoms with Crippen molar-refractivity contribution in [3.05, 3.63) is 35.7 Å². The molecule has 0 saturated heterocycles. The Morgan fingerprint density at radius 2 is 2.23 bits per heavy atom. The molecule has 0 aliphatic rings. The van der Waals surface area contributed by atoms with Gasteiger partial charge in [0.2, 0.25) is 0 Å². The van der Waals surface area contributed by atoms with Crippen LogP contribution in [0.3, 0.4) is 0 Å². The normalized spacial score (nSPS) is 10.5. The molecule has 2 nitrogen and oxygen atoms in total. The van der Waals surface area contributed by atoms with E-state index in [4.69, 9.17) is 5.73 Å². The Hall–Kier alpha value is -1.64. The van der Waals surface area contributed by atoms with Gasteiger partial charge in [0.15, 0.2) is 0 Å². The monoisotopic (exact) mass is 179 g/mol. The highest BCUT2D eigenvalue weighted by Gasteiger charge is 1.95. The molecule has 0 aliphatic heterocycles. The zero-order chi connectivity index (χ0) is 9.68. The smallest absolute Gasteiger partial charge is 0.146 e. The van der Waals surface area contributed by atoms with Gasteiger partial charge in [-0.15, -0.1) is 0 Å². The van der Waals surface area contributed by atoms with Crippen molar-refractivity contribution in [1.82, 2.24) is 0 Å². The SMILES string of the molecule is Nc1cc(C=CCC=O)ccc1F. The molecule has 0 fully saturated rings. The Morgan fingerprint density at radius 3 is 2.85 bits per heavy atom. The minimum atomic E-state index is -0.424. The highest BCUT2D eigenvalue weighted by Crippen LogP contribution is 2.13. The summed E-state index contributed by atoms with van der Waals surface area (Å²) in [4.78, 5) is 9.98. The van der Waals surface area contributed by atoms with Crippen LogP contribution in [0.5, 0.6) is 0 Å². The molecule has 2 N–H and O–H groups in total. The lowest BCUT2D eigenvalue weighted by Gasteiger charge is -1.97. The molecule has 0 unspecified atom stereocenters. The molecule has 13 heavy (non-hydrogen) atoms. The molecule has 0 aliphatic carbocycles. The van der Waals surface area contributed by atoms with Crippen molar-refractivity contribution in [1.29, 1.82) is 0 Å². The second-order valence-corrected chi connectivity index (χ2v) is 2.59. The van der Waals surface area contributed by atoms with Crippen molar-refractivity contribution in [2.75, 3.05) is 5.73 Å². The molecule has 0 radical (unpaired) electrons. The van der Waals surface area contributed by atoms with Gasteiger partial charge in [-0.1, -0.05) is 18.2 Å². The summed E-state index contributed by atoms with van der Waals surface area (Å²) in [5.41, 5.74) is 6.26. The third kappa shape index (κ3) is 2.71. The van der Waals surface area contributed by atoms with E-state index >= 15 is 0 Å². The minimum Gasteiger partial charge on any atom is -0.396 e. The number of benzene rings is 1. The fourth-order valence-corrected chi connectivity index (χ4v) is 0.926. The molecule has 0 saturated carbocycles. The lowest BCUT2D eigenvalue weighted by molar-refractivity contribution is -0.107. The van der Waals surface area contributed by atoms with Gasteiger partial charge < -0.3 is 10.5 Å². The van der Waals surface area contributed by atoms with Gasteiger partial charge in [0, 0.05) is 6.42 Å². The molecular weight excluding hydrogens is 169 g/mol. The molecule has 0 bridgehead atoms. The van der Waals surface area contributed by atoms with E-state index in [0.29, 0.717) is 6.42 Å². The maximum atomic E-state index is 12.7. The number of hydrogen-bond acceptors (Lipinski definition) is 2. The van der Waals surface area contributed by atoms with Crippen molar-refractivity contribution in [3.63, 3.8) is 0 Å². The van der Waals surface area contributed by atoms with Crippen LogP contribution in [0.25, 0.3) is 6.08 Å². The van der Waals surface area contributed by atoms with E-state index in [1.807, 2.05) is 0 Å². The van der Waals surface area contributed by atoms with Gasteiger partial charge in [0.1, 0.15) is 12.1 Å². The number of allylic oxidation sites excluding steroid dienone is 1. The first-order chi connectivity index (χ1) is 6.24. The number of rotatable bonds is 3. The third-order valence-electron chi connectivity index (χ3n) is 1.56. The van der Waals surface area contributed by atoms with Crippen LogP contribution in [0.2, 0.25) is 0 Å². The molecule has 1 aromatic rings.